The second-order valence-electron chi connectivity index (χ2n) is 9.09. The summed E-state index contributed by atoms with van der Waals surface area (Å²) in [4.78, 5) is 30.8. The van der Waals surface area contributed by atoms with Gasteiger partial charge < -0.3 is 19.2 Å². The van der Waals surface area contributed by atoms with E-state index >= 15 is 0 Å². The van der Waals surface area contributed by atoms with E-state index in [1.54, 1.807) is 6.07 Å². The lowest BCUT2D eigenvalue weighted by atomic mass is 10.1. The summed E-state index contributed by atoms with van der Waals surface area (Å²) in [7, 11) is 1.53. The molecule has 1 aliphatic heterocycles. The minimum atomic E-state index is -4.83. The van der Waals surface area contributed by atoms with Crippen LogP contribution in [0.15, 0.2) is 70.1 Å². The summed E-state index contributed by atoms with van der Waals surface area (Å²) >= 11 is 1.08. The molecule has 43 heavy (non-hydrogen) atoms. The normalized spacial score (nSPS) is 14.4. The van der Waals surface area contributed by atoms with E-state index in [0.29, 0.717) is 11.3 Å². The molecule has 5 rings (SSSR count). The summed E-state index contributed by atoms with van der Waals surface area (Å²) in [5, 5.41) is 10.2. The molecule has 1 saturated heterocycles. The Morgan fingerprint density at radius 2 is 1.77 bits per heavy atom. The Kier molecular flexibility index (Phi) is 8.45. The standard InChI is InChI=1S/C28H21F4N5O5S/c1-15-3-4-18(13-40-2)22(11-15)37-23(38)14-43-27(37)34-26(39)33-21-10-7-17(12-20(21)29)25-36-35-24(41-25)16-5-8-19(9-6-16)42-28(30,31)32/h3-12H,13-14H2,1-2H3,(H,33,39)/b34-27-. The first-order valence-corrected chi connectivity index (χ1v) is 13.4. The van der Waals surface area contributed by atoms with E-state index in [-0.39, 0.29) is 46.5 Å². The zero-order valence-electron chi connectivity index (χ0n) is 22.4. The van der Waals surface area contributed by atoms with Gasteiger partial charge in [-0.3, -0.25) is 9.69 Å². The van der Waals surface area contributed by atoms with E-state index < -0.39 is 24.0 Å². The van der Waals surface area contributed by atoms with Crippen molar-refractivity contribution in [3.8, 4) is 28.7 Å². The zero-order chi connectivity index (χ0) is 30.7. The Morgan fingerprint density at radius 1 is 1.07 bits per heavy atom. The maximum Gasteiger partial charge on any atom is 0.573 e. The maximum absolute atomic E-state index is 15.0. The van der Waals surface area contributed by atoms with Crippen LogP contribution in [0.3, 0.4) is 0 Å². The van der Waals surface area contributed by atoms with Gasteiger partial charge in [-0.05, 0) is 61.0 Å². The van der Waals surface area contributed by atoms with Crippen LogP contribution in [-0.4, -0.2) is 46.5 Å². The highest BCUT2D eigenvalue weighted by molar-refractivity contribution is 8.15. The van der Waals surface area contributed by atoms with Crippen molar-refractivity contribution in [2.75, 3.05) is 23.1 Å². The van der Waals surface area contributed by atoms with Crippen LogP contribution in [0.1, 0.15) is 11.1 Å². The number of amides is 3. The van der Waals surface area contributed by atoms with Gasteiger partial charge in [-0.25, -0.2) is 9.18 Å². The summed E-state index contributed by atoms with van der Waals surface area (Å²) in [5.41, 5.74) is 2.49. The van der Waals surface area contributed by atoms with Gasteiger partial charge in [-0.15, -0.1) is 23.4 Å². The molecule has 0 spiro atoms. The second-order valence-corrected chi connectivity index (χ2v) is 10.0. The molecule has 10 nitrogen and oxygen atoms in total. The number of amidine groups is 1. The van der Waals surface area contributed by atoms with Crippen molar-refractivity contribution in [3.05, 3.63) is 77.6 Å². The van der Waals surface area contributed by atoms with E-state index in [4.69, 9.17) is 9.15 Å². The third-order valence-corrected chi connectivity index (χ3v) is 6.88. The second kappa shape index (κ2) is 12.2. The monoisotopic (exact) mass is 615 g/mol. The lowest BCUT2D eigenvalue weighted by Crippen LogP contribution is -2.31. The molecule has 0 radical (unpaired) electrons. The molecule has 1 fully saturated rings. The Morgan fingerprint density at radius 3 is 2.44 bits per heavy atom. The number of hydrogen-bond acceptors (Lipinski definition) is 8. The SMILES string of the molecule is COCc1ccc(C)cc1N1C(=O)CS/C1=N\C(=O)Nc1ccc(-c2nnc(-c3ccc(OC(F)(F)F)cc3)o2)cc1F. The van der Waals surface area contributed by atoms with Crippen molar-refractivity contribution in [1.29, 1.82) is 0 Å². The number of carbonyl (C=O) groups excluding carboxylic acids is 2. The number of alkyl halides is 3. The Labute approximate surface area is 245 Å². The van der Waals surface area contributed by atoms with Crippen LogP contribution in [0, 0.1) is 12.7 Å². The number of nitrogens with zero attached hydrogens (tertiary/aromatic N) is 4. The van der Waals surface area contributed by atoms with Crippen molar-refractivity contribution in [2.24, 2.45) is 4.99 Å². The number of hydrogen-bond donors (Lipinski definition) is 1. The number of methoxy groups -OCH3 is 1. The molecule has 1 N–H and O–H groups in total. The molecule has 15 heteroatoms. The Hall–Kier alpha value is -4.76. The number of aliphatic imine (C=N–C) groups is 1. The molecular weight excluding hydrogens is 594 g/mol. The molecule has 0 bridgehead atoms. The zero-order valence-corrected chi connectivity index (χ0v) is 23.3. The number of benzene rings is 3. The highest BCUT2D eigenvalue weighted by Crippen LogP contribution is 2.32. The van der Waals surface area contributed by atoms with Crippen molar-refractivity contribution < 1.29 is 41.0 Å². The van der Waals surface area contributed by atoms with E-state index in [9.17, 15) is 27.2 Å². The quantitative estimate of drug-likeness (QED) is 0.232. The highest BCUT2D eigenvalue weighted by atomic mass is 32.2. The molecule has 2 heterocycles. The Bertz CT molecular complexity index is 1710. The van der Waals surface area contributed by atoms with Gasteiger partial charge >= 0.3 is 12.4 Å². The topological polar surface area (TPSA) is 119 Å². The van der Waals surface area contributed by atoms with Gasteiger partial charge in [0.25, 0.3) is 0 Å². The van der Waals surface area contributed by atoms with Crippen LogP contribution in [-0.2, 0) is 16.1 Å². The molecular formula is C28H21F4N5O5S. The number of halogens is 4. The van der Waals surface area contributed by atoms with Gasteiger partial charge in [-0.2, -0.15) is 4.99 Å². The van der Waals surface area contributed by atoms with Gasteiger partial charge in [0, 0.05) is 23.8 Å². The highest BCUT2D eigenvalue weighted by Gasteiger charge is 2.32. The fraction of sp³-hybridized carbons (Fsp3) is 0.179. The first kappa shape index (κ1) is 29.7. The van der Waals surface area contributed by atoms with E-state index in [1.807, 2.05) is 19.1 Å². The minimum absolute atomic E-state index is 0.0161. The van der Waals surface area contributed by atoms with Crippen LogP contribution in [0.5, 0.6) is 5.75 Å². The molecule has 0 unspecified atom stereocenters. The molecule has 0 saturated carbocycles. The molecule has 0 aliphatic carbocycles. The number of nitrogens with one attached hydrogen (secondary N) is 1. The van der Waals surface area contributed by atoms with E-state index in [0.717, 1.165) is 41.1 Å². The first-order valence-electron chi connectivity index (χ1n) is 12.4. The summed E-state index contributed by atoms with van der Waals surface area (Å²) in [6, 6.07) is 13.1. The fourth-order valence-corrected chi connectivity index (χ4v) is 4.93. The van der Waals surface area contributed by atoms with Gasteiger partial charge in [-0.1, -0.05) is 23.9 Å². The third-order valence-electron chi connectivity index (χ3n) is 5.96. The first-order chi connectivity index (χ1) is 20.5. The predicted molar refractivity (Wildman–Crippen MR) is 150 cm³/mol. The number of carbonyl (C=O) groups is 2. The number of thioether (sulfide) groups is 1. The largest absolute Gasteiger partial charge is 0.573 e. The summed E-state index contributed by atoms with van der Waals surface area (Å²) in [5.74, 6) is -1.51. The lowest BCUT2D eigenvalue weighted by molar-refractivity contribution is -0.274. The fourth-order valence-electron chi connectivity index (χ4n) is 4.08. The number of rotatable bonds is 7. The van der Waals surface area contributed by atoms with Crippen molar-refractivity contribution in [1.82, 2.24) is 10.2 Å². The average Bonchev–Trinajstić information content (AvgIpc) is 3.58. The van der Waals surface area contributed by atoms with Crippen molar-refractivity contribution >= 4 is 40.2 Å². The molecule has 3 amide bonds. The van der Waals surface area contributed by atoms with Crippen molar-refractivity contribution in [3.63, 3.8) is 0 Å². The molecule has 222 valence electrons. The van der Waals surface area contributed by atoms with E-state index in [2.05, 4.69) is 25.2 Å². The number of aromatic nitrogens is 2. The molecule has 3 aromatic carbocycles. The van der Waals surface area contributed by atoms with Crippen molar-refractivity contribution in [2.45, 2.75) is 19.9 Å². The van der Waals surface area contributed by atoms with Crippen LogP contribution < -0.4 is 15.0 Å². The van der Waals surface area contributed by atoms with Crippen LogP contribution in [0.4, 0.5) is 33.7 Å². The predicted octanol–water partition coefficient (Wildman–Crippen LogP) is 6.56. The smallest absolute Gasteiger partial charge is 0.416 e. The van der Waals surface area contributed by atoms with Crippen LogP contribution in [0.2, 0.25) is 0 Å². The Balaban J connectivity index is 1.30. The maximum atomic E-state index is 15.0. The number of aryl methyl sites for hydroxylation is 1. The summed E-state index contributed by atoms with van der Waals surface area (Å²) in [6.45, 7) is 2.11. The summed E-state index contributed by atoms with van der Waals surface area (Å²) < 4.78 is 66.7. The van der Waals surface area contributed by atoms with Gasteiger partial charge in [0.05, 0.1) is 23.7 Å². The van der Waals surface area contributed by atoms with E-state index in [1.165, 1.54) is 36.3 Å². The number of ether oxygens (including phenoxy) is 2. The minimum Gasteiger partial charge on any atom is -0.416 e. The van der Waals surface area contributed by atoms with Crippen LogP contribution in [0.25, 0.3) is 22.9 Å². The molecule has 1 aliphatic rings. The van der Waals surface area contributed by atoms with Gasteiger partial charge in [0.1, 0.15) is 11.6 Å². The number of anilines is 2. The molecule has 4 aromatic rings. The average molecular weight is 616 g/mol. The molecule has 0 atom stereocenters. The molecule has 1 aromatic heterocycles. The third kappa shape index (κ3) is 7.01. The van der Waals surface area contributed by atoms with Gasteiger partial charge in [0.15, 0.2) is 5.17 Å². The van der Waals surface area contributed by atoms with Gasteiger partial charge in [0.2, 0.25) is 17.7 Å². The lowest BCUT2D eigenvalue weighted by Gasteiger charge is -2.20. The van der Waals surface area contributed by atoms with Crippen LogP contribution >= 0.6 is 11.8 Å². The number of urea groups is 1. The summed E-state index contributed by atoms with van der Waals surface area (Å²) in [6.07, 6.45) is -4.83.